The van der Waals surface area contributed by atoms with E-state index in [2.05, 4.69) is 0 Å². The van der Waals surface area contributed by atoms with Crippen molar-refractivity contribution in [3.63, 3.8) is 0 Å². The highest BCUT2D eigenvalue weighted by Gasteiger charge is 2.31. The molecule has 1 fully saturated rings. The molecule has 23 heavy (non-hydrogen) atoms. The fourth-order valence-corrected chi connectivity index (χ4v) is 2.76. The Morgan fingerprint density at radius 3 is 2.13 bits per heavy atom. The van der Waals surface area contributed by atoms with Gasteiger partial charge in [0, 0.05) is 18.7 Å². The Hall–Kier alpha value is -2.33. The van der Waals surface area contributed by atoms with E-state index < -0.39 is 11.9 Å². The number of rotatable bonds is 3. The Labute approximate surface area is 141 Å². The first-order valence-electron chi connectivity index (χ1n) is 7.33. The molecule has 0 saturated carbocycles. The van der Waals surface area contributed by atoms with Crippen LogP contribution in [0.1, 0.15) is 16.8 Å². The highest BCUT2D eigenvalue weighted by Crippen LogP contribution is 2.22. The molecule has 3 rings (SSSR count). The van der Waals surface area contributed by atoms with Crippen molar-refractivity contribution in [1.29, 1.82) is 0 Å². The van der Waals surface area contributed by atoms with E-state index in [0.717, 1.165) is 11.1 Å². The zero-order valence-corrected chi connectivity index (χ0v) is 13.3. The van der Waals surface area contributed by atoms with E-state index in [4.69, 9.17) is 5.11 Å². The smallest absolute Gasteiger partial charge is 0.308 e. The summed E-state index contributed by atoms with van der Waals surface area (Å²) in [5.74, 6) is -1.36. The van der Waals surface area contributed by atoms with Gasteiger partial charge in [-0.15, -0.1) is 12.4 Å². The number of likely N-dealkylation sites (tertiary alicyclic amines) is 1. The van der Waals surface area contributed by atoms with Crippen LogP contribution in [0.3, 0.4) is 0 Å². The molecule has 2 aromatic rings. The second-order valence-electron chi connectivity index (χ2n) is 5.52. The molecule has 0 aromatic heterocycles. The summed E-state index contributed by atoms with van der Waals surface area (Å²) in [5, 5.41) is 9.01. The molecule has 0 spiro atoms. The molecule has 4 nitrogen and oxygen atoms in total. The first-order valence-corrected chi connectivity index (χ1v) is 7.33. The molecule has 1 unspecified atom stereocenters. The Balaban J connectivity index is 0.00000192. The largest absolute Gasteiger partial charge is 0.481 e. The van der Waals surface area contributed by atoms with Crippen molar-refractivity contribution in [2.45, 2.75) is 6.42 Å². The van der Waals surface area contributed by atoms with Gasteiger partial charge in [-0.2, -0.15) is 0 Å². The summed E-state index contributed by atoms with van der Waals surface area (Å²) in [7, 11) is 0. The molecule has 0 radical (unpaired) electrons. The van der Waals surface area contributed by atoms with Gasteiger partial charge in [0.25, 0.3) is 5.91 Å². The number of hydrogen-bond donors (Lipinski definition) is 1. The Morgan fingerprint density at radius 2 is 1.57 bits per heavy atom. The second-order valence-corrected chi connectivity index (χ2v) is 5.52. The summed E-state index contributed by atoms with van der Waals surface area (Å²) < 4.78 is 0. The third kappa shape index (κ3) is 3.71. The minimum absolute atomic E-state index is 0. The van der Waals surface area contributed by atoms with Gasteiger partial charge in [0.15, 0.2) is 0 Å². The molecule has 1 N–H and O–H groups in total. The Kier molecular flexibility index (Phi) is 5.40. The average Bonchev–Trinajstić information content (AvgIpc) is 3.05. The van der Waals surface area contributed by atoms with Crippen LogP contribution in [0.5, 0.6) is 0 Å². The first-order chi connectivity index (χ1) is 10.6. The molecular formula is C18H18ClNO3. The summed E-state index contributed by atoms with van der Waals surface area (Å²) in [5.41, 5.74) is 2.77. The number of carbonyl (C=O) groups is 2. The zero-order chi connectivity index (χ0) is 15.5. The SMILES string of the molecule is Cl.O=C(O)C1CCN(C(=O)c2ccc(-c3ccccc3)cc2)C1. The van der Waals surface area contributed by atoms with E-state index in [9.17, 15) is 9.59 Å². The number of halogens is 1. The number of hydrogen-bond acceptors (Lipinski definition) is 2. The van der Waals surface area contributed by atoms with Crippen molar-refractivity contribution < 1.29 is 14.7 Å². The van der Waals surface area contributed by atoms with Crippen LogP contribution in [0.25, 0.3) is 11.1 Å². The number of benzene rings is 2. The maximum atomic E-state index is 12.4. The number of nitrogens with zero attached hydrogens (tertiary/aromatic N) is 1. The number of carboxylic acids is 1. The van der Waals surface area contributed by atoms with Gasteiger partial charge in [0.1, 0.15) is 0 Å². The molecule has 1 aliphatic rings. The molecule has 1 amide bonds. The van der Waals surface area contributed by atoms with Crippen LogP contribution in [0.15, 0.2) is 54.6 Å². The Bertz CT molecular complexity index is 685. The first kappa shape index (κ1) is 17.0. The molecule has 0 aliphatic carbocycles. The number of aliphatic carboxylic acids is 1. The van der Waals surface area contributed by atoms with E-state index in [0.29, 0.717) is 25.1 Å². The van der Waals surface area contributed by atoms with E-state index in [1.807, 2.05) is 42.5 Å². The highest BCUT2D eigenvalue weighted by atomic mass is 35.5. The molecule has 1 atom stereocenters. The number of amides is 1. The maximum absolute atomic E-state index is 12.4. The van der Waals surface area contributed by atoms with Crippen LogP contribution in [0.4, 0.5) is 0 Å². The molecule has 2 aromatic carbocycles. The van der Waals surface area contributed by atoms with Gasteiger partial charge < -0.3 is 10.0 Å². The van der Waals surface area contributed by atoms with Gasteiger partial charge in [0.2, 0.25) is 0 Å². The quantitative estimate of drug-likeness (QED) is 0.938. The summed E-state index contributed by atoms with van der Waals surface area (Å²) in [6, 6.07) is 17.4. The van der Waals surface area contributed by atoms with Gasteiger partial charge >= 0.3 is 5.97 Å². The van der Waals surface area contributed by atoms with E-state index in [-0.39, 0.29) is 18.3 Å². The average molecular weight is 332 g/mol. The standard InChI is InChI=1S/C18H17NO3.ClH/c20-17(19-11-10-16(12-19)18(21)22)15-8-6-14(7-9-15)13-4-2-1-3-5-13;/h1-9,16H,10-12H2,(H,21,22);1H. The lowest BCUT2D eigenvalue weighted by atomic mass is 10.0. The molecule has 1 saturated heterocycles. The minimum Gasteiger partial charge on any atom is -0.481 e. The van der Waals surface area contributed by atoms with Gasteiger partial charge in [-0.25, -0.2) is 0 Å². The van der Waals surface area contributed by atoms with Gasteiger partial charge in [0.05, 0.1) is 5.92 Å². The van der Waals surface area contributed by atoms with Crippen LogP contribution >= 0.6 is 12.4 Å². The summed E-state index contributed by atoms with van der Waals surface area (Å²) in [4.78, 5) is 25.0. The topological polar surface area (TPSA) is 57.6 Å². The number of carboxylic acid groups (broad SMARTS) is 1. The minimum atomic E-state index is -0.824. The summed E-state index contributed by atoms with van der Waals surface area (Å²) in [6.45, 7) is 0.810. The van der Waals surface area contributed by atoms with Crippen molar-refractivity contribution in [1.82, 2.24) is 4.90 Å². The number of carbonyl (C=O) groups excluding carboxylic acids is 1. The van der Waals surface area contributed by atoms with Crippen LogP contribution in [-0.4, -0.2) is 35.0 Å². The molecule has 120 valence electrons. The van der Waals surface area contributed by atoms with Crippen LogP contribution < -0.4 is 0 Å². The van der Waals surface area contributed by atoms with Gasteiger partial charge in [-0.05, 0) is 29.7 Å². The summed E-state index contributed by atoms with van der Waals surface area (Å²) in [6.07, 6.45) is 0.531. The van der Waals surface area contributed by atoms with E-state index in [1.165, 1.54) is 0 Å². The van der Waals surface area contributed by atoms with Crippen LogP contribution in [-0.2, 0) is 4.79 Å². The predicted molar refractivity (Wildman–Crippen MR) is 90.8 cm³/mol. The second kappa shape index (κ2) is 7.29. The van der Waals surface area contributed by atoms with Crippen molar-refractivity contribution in [2.24, 2.45) is 5.92 Å². The maximum Gasteiger partial charge on any atom is 0.308 e. The summed E-state index contributed by atoms with van der Waals surface area (Å²) >= 11 is 0. The third-order valence-electron chi connectivity index (χ3n) is 4.06. The molecule has 5 heteroatoms. The van der Waals surface area contributed by atoms with Crippen LogP contribution in [0.2, 0.25) is 0 Å². The highest BCUT2D eigenvalue weighted by molar-refractivity contribution is 5.95. The molecule has 1 aliphatic heterocycles. The van der Waals surface area contributed by atoms with Crippen molar-refractivity contribution >= 4 is 24.3 Å². The normalized spacial score (nSPS) is 16.7. The van der Waals surface area contributed by atoms with E-state index >= 15 is 0 Å². The lowest BCUT2D eigenvalue weighted by Crippen LogP contribution is -2.29. The van der Waals surface area contributed by atoms with E-state index in [1.54, 1.807) is 17.0 Å². The lowest BCUT2D eigenvalue weighted by Gasteiger charge is -2.16. The Morgan fingerprint density at radius 1 is 0.957 bits per heavy atom. The zero-order valence-electron chi connectivity index (χ0n) is 12.5. The molecule has 1 heterocycles. The van der Waals surface area contributed by atoms with Crippen molar-refractivity contribution in [2.75, 3.05) is 13.1 Å². The van der Waals surface area contributed by atoms with Crippen molar-refractivity contribution in [3.05, 3.63) is 60.2 Å². The van der Waals surface area contributed by atoms with Gasteiger partial charge in [-0.1, -0.05) is 42.5 Å². The molecule has 0 bridgehead atoms. The lowest BCUT2D eigenvalue weighted by molar-refractivity contribution is -0.141. The van der Waals surface area contributed by atoms with Crippen molar-refractivity contribution in [3.8, 4) is 11.1 Å². The fraction of sp³-hybridized carbons (Fsp3) is 0.222. The molecular weight excluding hydrogens is 314 g/mol. The third-order valence-corrected chi connectivity index (χ3v) is 4.06. The predicted octanol–water partition coefficient (Wildman–Crippen LogP) is 3.32. The van der Waals surface area contributed by atoms with Gasteiger partial charge in [-0.3, -0.25) is 9.59 Å². The monoisotopic (exact) mass is 331 g/mol. The van der Waals surface area contributed by atoms with Crippen LogP contribution in [0, 0.1) is 5.92 Å². The fourth-order valence-electron chi connectivity index (χ4n) is 2.76.